The molecule has 0 amide bonds. The van der Waals surface area contributed by atoms with Crippen LogP contribution < -0.4 is 4.74 Å². The topological polar surface area (TPSA) is 118 Å². The zero-order valence-electron chi connectivity index (χ0n) is 11.5. The molecule has 2 rings (SSSR count). The van der Waals surface area contributed by atoms with Crippen molar-refractivity contribution in [3.8, 4) is 17.5 Å². The molecule has 22 heavy (non-hydrogen) atoms. The third-order valence-corrected chi connectivity index (χ3v) is 2.49. The lowest BCUT2D eigenvalue weighted by Gasteiger charge is -2.13. The molecule has 0 saturated heterocycles. The number of carbonyl (C=O) groups excluding carboxylic acids is 2. The zero-order chi connectivity index (χ0) is 16.1. The molecule has 1 atom stereocenters. The van der Waals surface area contributed by atoms with Crippen LogP contribution in [0, 0.1) is 0 Å². The fourth-order valence-corrected chi connectivity index (χ4v) is 1.56. The van der Waals surface area contributed by atoms with Gasteiger partial charge in [0.2, 0.25) is 12.2 Å². The van der Waals surface area contributed by atoms with Gasteiger partial charge in [-0.25, -0.2) is 9.59 Å². The van der Waals surface area contributed by atoms with Crippen molar-refractivity contribution < 1.29 is 34.0 Å². The molecule has 2 aromatic rings. The molecular formula is C14H13NO7. The molecule has 8 nitrogen and oxygen atoms in total. The number of hydrogen-bond donors (Lipinski definition) is 3. The van der Waals surface area contributed by atoms with Gasteiger partial charge in [-0.3, -0.25) is 4.98 Å². The Bertz CT molecular complexity index is 665. The monoisotopic (exact) mass is 307 g/mol. The summed E-state index contributed by atoms with van der Waals surface area (Å²) < 4.78 is 14.2. The minimum absolute atomic E-state index is 0.305. The molecule has 116 valence electrons. The van der Waals surface area contributed by atoms with Gasteiger partial charge in [-0.1, -0.05) is 18.2 Å². The lowest BCUT2D eigenvalue weighted by molar-refractivity contribution is -0.0718. The summed E-state index contributed by atoms with van der Waals surface area (Å²) in [6.45, 7) is 1.33. The Morgan fingerprint density at radius 1 is 1.14 bits per heavy atom. The van der Waals surface area contributed by atoms with Gasteiger partial charge in [0.15, 0.2) is 11.6 Å². The molecule has 0 unspecified atom stereocenters. The molecule has 8 heteroatoms. The fourth-order valence-electron chi connectivity index (χ4n) is 1.56. The molecule has 0 aliphatic heterocycles. The van der Waals surface area contributed by atoms with Crippen LogP contribution in [0.2, 0.25) is 0 Å². The van der Waals surface area contributed by atoms with E-state index >= 15 is 0 Å². The first kappa shape index (κ1) is 15.2. The number of aromatic hydroxyl groups is 2. The average molecular weight is 307 g/mol. The fraction of sp³-hybridized carbons (Fsp3) is 0.143. The number of hydrogen-bond acceptors (Lipinski definition) is 7. The Hall–Kier alpha value is -3.16. The third-order valence-electron chi connectivity index (χ3n) is 2.49. The molecule has 0 radical (unpaired) electrons. The van der Waals surface area contributed by atoms with E-state index in [2.05, 4.69) is 9.72 Å². The first-order chi connectivity index (χ1) is 10.5. The van der Waals surface area contributed by atoms with Crippen molar-refractivity contribution >= 4 is 12.1 Å². The summed E-state index contributed by atoms with van der Waals surface area (Å²) in [4.78, 5) is 25.3. The Morgan fingerprint density at radius 2 is 1.82 bits per heavy atom. The van der Waals surface area contributed by atoms with Gasteiger partial charge >= 0.3 is 12.1 Å². The van der Waals surface area contributed by atoms with Crippen LogP contribution in [0.15, 0.2) is 36.4 Å². The normalized spacial score (nSPS) is 11.5. The molecule has 0 saturated carbocycles. The van der Waals surface area contributed by atoms with Gasteiger partial charge in [-0.15, -0.1) is 0 Å². The van der Waals surface area contributed by atoms with Crippen molar-refractivity contribution in [2.45, 2.75) is 13.2 Å². The van der Waals surface area contributed by atoms with Crippen molar-refractivity contribution in [3.63, 3.8) is 0 Å². The second-order valence-corrected chi connectivity index (χ2v) is 4.18. The Kier molecular flexibility index (Phi) is 4.52. The first-order valence-corrected chi connectivity index (χ1v) is 6.21. The van der Waals surface area contributed by atoms with E-state index in [-0.39, 0.29) is 11.6 Å². The number of H-pyrrole nitrogens is 1. The number of aromatic amines is 1. The minimum Gasteiger partial charge on any atom is -0.494 e. The molecule has 3 N–H and O–H groups in total. The summed E-state index contributed by atoms with van der Waals surface area (Å²) >= 11 is 0. The quantitative estimate of drug-likeness (QED) is 0.585. The highest BCUT2D eigenvalue weighted by Gasteiger charge is 2.19. The molecule has 0 aliphatic carbocycles. The maximum absolute atomic E-state index is 11.7. The van der Waals surface area contributed by atoms with Gasteiger partial charge in [-0.05, 0) is 12.1 Å². The van der Waals surface area contributed by atoms with Crippen LogP contribution in [0.25, 0.3) is 0 Å². The highest BCUT2D eigenvalue weighted by molar-refractivity contribution is 5.89. The SMILES string of the molecule is C[C@@H](OC(=O)Oc1cc(O)[nH]c1O)OC(=O)c1ccccc1. The van der Waals surface area contributed by atoms with Crippen molar-refractivity contribution in [1.29, 1.82) is 0 Å². The second kappa shape index (κ2) is 6.53. The van der Waals surface area contributed by atoms with Crippen LogP contribution >= 0.6 is 0 Å². The van der Waals surface area contributed by atoms with Crippen LogP contribution in [-0.2, 0) is 9.47 Å². The van der Waals surface area contributed by atoms with Gasteiger partial charge in [0, 0.05) is 13.0 Å². The third kappa shape index (κ3) is 3.92. The minimum atomic E-state index is -1.21. The Balaban J connectivity index is 1.86. The number of ether oxygens (including phenoxy) is 3. The Labute approximate surface area is 124 Å². The van der Waals surface area contributed by atoms with Crippen LogP contribution in [0.3, 0.4) is 0 Å². The molecule has 0 aliphatic rings. The van der Waals surface area contributed by atoms with Gasteiger partial charge in [0.05, 0.1) is 5.56 Å². The summed E-state index contributed by atoms with van der Waals surface area (Å²) in [7, 11) is 0. The predicted molar refractivity (Wildman–Crippen MR) is 72.6 cm³/mol. The zero-order valence-corrected chi connectivity index (χ0v) is 11.5. The van der Waals surface area contributed by atoms with E-state index in [0.29, 0.717) is 5.56 Å². The number of benzene rings is 1. The van der Waals surface area contributed by atoms with Crippen molar-refractivity contribution in [1.82, 2.24) is 4.98 Å². The van der Waals surface area contributed by atoms with E-state index in [9.17, 15) is 14.7 Å². The number of aromatic nitrogens is 1. The molecular weight excluding hydrogens is 294 g/mol. The molecule has 0 bridgehead atoms. The van der Waals surface area contributed by atoms with E-state index in [1.54, 1.807) is 30.3 Å². The summed E-state index contributed by atoms with van der Waals surface area (Å²) in [5.74, 6) is -1.90. The molecule has 1 aromatic carbocycles. The maximum atomic E-state index is 11.7. The van der Waals surface area contributed by atoms with Crippen LogP contribution in [0.5, 0.6) is 17.5 Å². The highest BCUT2D eigenvalue weighted by atomic mass is 16.8. The van der Waals surface area contributed by atoms with Gasteiger partial charge in [-0.2, -0.15) is 0 Å². The summed E-state index contributed by atoms with van der Waals surface area (Å²) in [6, 6.07) is 9.15. The van der Waals surface area contributed by atoms with Crippen molar-refractivity contribution in [2.24, 2.45) is 0 Å². The highest BCUT2D eigenvalue weighted by Crippen LogP contribution is 2.29. The van der Waals surface area contributed by atoms with Crippen LogP contribution in [0.1, 0.15) is 17.3 Å². The van der Waals surface area contributed by atoms with E-state index in [4.69, 9.17) is 14.6 Å². The largest absolute Gasteiger partial charge is 0.517 e. The summed E-state index contributed by atoms with van der Waals surface area (Å²) in [5, 5.41) is 18.3. The number of esters is 1. The van der Waals surface area contributed by atoms with Gasteiger partial charge in [0.1, 0.15) is 0 Å². The lowest BCUT2D eigenvalue weighted by atomic mass is 10.2. The van der Waals surface area contributed by atoms with Crippen molar-refractivity contribution in [2.75, 3.05) is 0 Å². The standard InChI is InChI=1S/C14H13NO7/c1-8(20-13(18)9-5-3-2-4-6-9)21-14(19)22-10-7-11(16)15-12(10)17/h2-8,15-17H,1H3/t8-/m1/s1. The lowest BCUT2D eigenvalue weighted by Crippen LogP contribution is -2.23. The number of rotatable bonds is 4. The number of nitrogens with one attached hydrogen (secondary N) is 1. The van der Waals surface area contributed by atoms with E-state index in [1.165, 1.54) is 6.92 Å². The molecule has 0 spiro atoms. The van der Waals surface area contributed by atoms with Crippen LogP contribution in [0.4, 0.5) is 4.79 Å². The maximum Gasteiger partial charge on any atom is 0.517 e. The van der Waals surface area contributed by atoms with Gasteiger partial charge in [0.25, 0.3) is 0 Å². The van der Waals surface area contributed by atoms with E-state index < -0.39 is 24.3 Å². The van der Waals surface area contributed by atoms with Crippen LogP contribution in [-0.4, -0.2) is 33.6 Å². The second-order valence-electron chi connectivity index (χ2n) is 4.18. The number of carbonyl (C=O) groups is 2. The summed E-state index contributed by atoms with van der Waals surface area (Å²) in [6.07, 6.45) is -2.41. The molecule has 1 aromatic heterocycles. The molecule has 1 heterocycles. The predicted octanol–water partition coefficient (Wildman–Crippen LogP) is 2.14. The van der Waals surface area contributed by atoms with E-state index in [0.717, 1.165) is 6.07 Å². The smallest absolute Gasteiger partial charge is 0.494 e. The summed E-state index contributed by atoms with van der Waals surface area (Å²) in [5.41, 5.74) is 0.305. The Morgan fingerprint density at radius 3 is 2.41 bits per heavy atom. The first-order valence-electron chi connectivity index (χ1n) is 6.21. The van der Waals surface area contributed by atoms with E-state index in [1.807, 2.05) is 0 Å². The van der Waals surface area contributed by atoms with Gasteiger partial charge < -0.3 is 24.4 Å². The van der Waals surface area contributed by atoms with Crippen molar-refractivity contribution in [3.05, 3.63) is 42.0 Å². The molecule has 0 fully saturated rings. The average Bonchev–Trinajstić information content (AvgIpc) is 2.77.